The lowest BCUT2D eigenvalue weighted by Crippen LogP contribution is -2.37. The van der Waals surface area contributed by atoms with E-state index in [4.69, 9.17) is 9.47 Å². The van der Waals surface area contributed by atoms with Crippen molar-refractivity contribution in [2.24, 2.45) is 5.92 Å². The normalized spacial score (nSPS) is 25.6. The Labute approximate surface area is 230 Å². The van der Waals surface area contributed by atoms with Crippen LogP contribution in [0.5, 0.6) is 5.88 Å². The van der Waals surface area contributed by atoms with Gasteiger partial charge in [0.05, 0.1) is 30.3 Å². The molecule has 0 bridgehead atoms. The summed E-state index contributed by atoms with van der Waals surface area (Å²) in [6.07, 6.45) is -0.0500. The molecule has 0 unspecified atom stereocenters. The van der Waals surface area contributed by atoms with E-state index in [1.165, 1.54) is 4.57 Å². The van der Waals surface area contributed by atoms with E-state index in [0.717, 1.165) is 25.7 Å². The summed E-state index contributed by atoms with van der Waals surface area (Å²) in [5.74, 6) is 0.910. The molecule has 12 heteroatoms. The number of benzene rings is 1. The van der Waals surface area contributed by atoms with Gasteiger partial charge in [-0.25, -0.2) is 18.2 Å². The topological polar surface area (TPSA) is 94.4 Å². The number of hydrogen-bond donors (Lipinski definition) is 1. The SMILES string of the molecule is O=C(CC1CCC(Oc2cc(-n3c(C(F)F)nc4ccccc43)nc(N3CCOCC3)n2)CC1)[C@@H]1C[C@H](F)CN1. The number of halogens is 3. The molecule has 0 amide bonds. The van der Waals surface area contributed by atoms with E-state index in [1.54, 1.807) is 30.3 Å². The van der Waals surface area contributed by atoms with Crippen molar-refractivity contribution in [3.63, 3.8) is 0 Å². The molecule has 0 spiro atoms. The predicted octanol–water partition coefficient (Wildman–Crippen LogP) is 4.19. The van der Waals surface area contributed by atoms with Crippen molar-refractivity contribution in [2.45, 2.75) is 63.3 Å². The number of carbonyl (C=O) groups excluding carboxylic acids is 1. The molecule has 40 heavy (non-hydrogen) atoms. The van der Waals surface area contributed by atoms with Crippen LogP contribution in [0.25, 0.3) is 16.9 Å². The van der Waals surface area contributed by atoms with Gasteiger partial charge >= 0.3 is 0 Å². The van der Waals surface area contributed by atoms with Crippen molar-refractivity contribution >= 4 is 22.8 Å². The largest absolute Gasteiger partial charge is 0.474 e. The third-order valence-corrected chi connectivity index (χ3v) is 8.02. The summed E-state index contributed by atoms with van der Waals surface area (Å²) in [7, 11) is 0. The molecule has 2 aromatic heterocycles. The van der Waals surface area contributed by atoms with E-state index in [-0.39, 0.29) is 48.5 Å². The van der Waals surface area contributed by atoms with Crippen LogP contribution in [0.3, 0.4) is 0 Å². The first-order chi connectivity index (χ1) is 19.4. The number of carbonyl (C=O) groups is 1. The van der Waals surface area contributed by atoms with Gasteiger partial charge in [0.1, 0.15) is 23.9 Å². The van der Waals surface area contributed by atoms with Crippen LogP contribution in [0, 0.1) is 5.92 Å². The van der Waals surface area contributed by atoms with Crippen LogP contribution in [-0.4, -0.2) is 76.5 Å². The first-order valence-electron chi connectivity index (χ1n) is 14.0. The Morgan fingerprint density at radius 2 is 1.88 bits per heavy atom. The van der Waals surface area contributed by atoms with Crippen molar-refractivity contribution in [2.75, 3.05) is 37.7 Å². The zero-order valence-electron chi connectivity index (χ0n) is 22.1. The highest BCUT2D eigenvalue weighted by Gasteiger charge is 2.32. The first kappa shape index (κ1) is 26.9. The average Bonchev–Trinajstić information content (AvgIpc) is 3.58. The Morgan fingerprint density at radius 1 is 1.10 bits per heavy atom. The third kappa shape index (κ3) is 5.78. The fraction of sp³-hybridized carbons (Fsp3) is 0.571. The highest BCUT2D eigenvalue weighted by Crippen LogP contribution is 2.33. The Balaban J connectivity index is 1.22. The summed E-state index contributed by atoms with van der Waals surface area (Å²) in [6.45, 7) is 2.44. The molecule has 6 rings (SSSR count). The van der Waals surface area contributed by atoms with E-state index in [0.29, 0.717) is 55.6 Å². The molecule has 2 atom stereocenters. The molecular formula is C28H33F3N6O3. The lowest BCUT2D eigenvalue weighted by Gasteiger charge is -2.30. The molecule has 0 radical (unpaired) electrons. The molecule has 3 fully saturated rings. The van der Waals surface area contributed by atoms with Crippen molar-refractivity contribution in [1.82, 2.24) is 24.8 Å². The van der Waals surface area contributed by atoms with Crippen LogP contribution in [0.4, 0.5) is 19.1 Å². The number of ether oxygens (including phenoxy) is 2. The minimum Gasteiger partial charge on any atom is -0.474 e. The van der Waals surface area contributed by atoms with E-state index in [2.05, 4.69) is 20.3 Å². The molecule has 1 N–H and O–H groups in total. The number of anilines is 1. The number of ketones is 1. The lowest BCUT2D eigenvalue weighted by atomic mass is 9.83. The number of rotatable bonds is 8. The molecule has 214 valence electrons. The Bertz CT molecular complexity index is 1340. The van der Waals surface area contributed by atoms with E-state index in [1.807, 2.05) is 4.90 Å². The van der Waals surface area contributed by atoms with Crippen molar-refractivity contribution in [3.05, 3.63) is 36.2 Å². The zero-order chi connectivity index (χ0) is 27.6. The van der Waals surface area contributed by atoms with Gasteiger partial charge in [0.15, 0.2) is 5.82 Å². The van der Waals surface area contributed by atoms with E-state index < -0.39 is 12.6 Å². The number of Topliss-reactive ketones (excluding diaryl/α,β-unsaturated/α-hetero) is 1. The number of fused-ring (bicyclic) bond motifs is 1. The predicted molar refractivity (Wildman–Crippen MR) is 142 cm³/mol. The molecule has 4 heterocycles. The van der Waals surface area contributed by atoms with Gasteiger partial charge in [0, 0.05) is 38.5 Å². The van der Waals surface area contributed by atoms with Gasteiger partial charge in [-0.15, -0.1) is 0 Å². The fourth-order valence-electron chi connectivity index (χ4n) is 5.90. The fourth-order valence-corrected chi connectivity index (χ4v) is 5.90. The molecular weight excluding hydrogens is 525 g/mol. The van der Waals surface area contributed by atoms with Gasteiger partial charge < -0.3 is 19.7 Å². The minimum atomic E-state index is -2.80. The summed E-state index contributed by atoms with van der Waals surface area (Å²) in [4.78, 5) is 28.0. The van der Waals surface area contributed by atoms with Crippen LogP contribution in [0.15, 0.2) is 30.3 Å². The summed E-state index contributed by atoms with van der Waals surface area (Å²) >= 11 is 0. The summed E-state index contributed by atoms with van der Waals surface area (Å²) in [5.41, 5.74) is 0.978. The smallest absolute Gasteiger partial charge is 0.296 e. The van der Waals surface area contributed by atoms with Crippen molar-refractivity contribution in [1.29, 1.82) is 0 Å². The van der Waals surface area contributed by atoms with Crippen LogP contribution in [-0.2, 0) is 9.53 Å². The average molecular weight is 559 g/mol. The number of alkyl halides is 3. The van der Waals surface area contributed by atoms with Gasteiger partial charge in [-0.3, -0.25) is 9.36 Å². The molecule has 1 aromatic carbocycles. The molecule has 2 saturated heterocycles. The van der Waals surface area contributed by atoms with Gasteiger partial charge in [-0.05, 0) is 43.7 Å². The van der Waals surface area contributed by atoms with Crippen LogP contribution in [0.2, 0.25) is 0 Å². The monoisotopic (exact) mass is 558 g/mol. The zero-order valence-corrected chi connectivity index (χ0v) is 22.1. The van der Waals surface area contributed by atoms with Gasteiger partial charge in [0.2, 0.25) is 11.8 Å². The number of para-hydroxylation sites is 2. The number of aromatic nitrogens is 4. The van der Waals surface area contributed by atoms with Crippen molar-refractivity contribution < 1.29 is 27.4 Å². The third-order valence-electron chi connectivity index (χ3n) is 8.02. The Morgan fingerprint density at radius 3 is 2.60 bits per heavy atom. The second-order valence-corrected chi connectivity index (χ2v) is 10.8. The molecule has 1 aliphatic carbocycles. The maximum Gasteiger partial charge on any atom is 0.296 e. The maximum atomic E-state index is 14.1. The number of imidazole rings is 1. The lowest BCUT2D eigenvalue weighted by molar-refractivity contribution is -0.122. The van der Waals surface area contributed by atoms with Crippen LogP contribution in [0.1, 0.15) is 50.8 Å². The van der Waals surface area contributed by atoms with Crippen LogP contribution >= 0.6 is 0 Å². The second kappa shape index (κ2) is 11.7. The molecule has 2 aliphatic heterocycles. The van der Waals surface area contributed by atoms with Gasteiger partial charge in [-0.1, -0.05) is 12.1 Å². The Hall–Kier alpha value is -3.25. The number of nitrogens with one attached hydrogen (secondary N) is 1. The highest BCUT2D eigenvalue weighted by atomic mass is 19.3. The Kier molecular flexibility index (Phi) is 7.88. The number of hydrogen-bond acceptors (Lipinski definition) is 8. The highest BCUT2D eigenvalue weighted by molar-refractivity contribution is 5.84. The summed E-state index contributed by atoms with van der Waals surface area (Å²) in [5, 5.41) is 2.98. The quantitative estimate of drug-likeness (QED) is 0.440. The van der Waals surface area contributed by atoms with Gasteiger partial charge in [0.25, 0.3) is 6.43 Å². The number of morpholine rings is 1. The summed E-state index contributed by atoms with van der Waals surface area (Å²) in [6, 6.07) is 8.19. The molecule has 3 aromatic rings. The minimum absolute atomic E-state index is 0.0857. The molecule has 9 nitrogen and oxygen atoms in total. The molecule has 3 aliphatic rings. The molecule has 1 saturated carbocycles. The number of nitrogens with zero attached hydrogens (tertiary/aromatic N) is 5. The summed E-state index contributed by atoms with van der Waals surface area (Å²) < 4.78 is 54.8. The van der Waals surface area contributed by atoms with E-state index >= 15 is 0 Å². The second-order valence-electron chi connectivity index (χ2n) is 10.8. The van der Waals surface area contributed by atoms with Crippen LogP contribution < -0.4 is 15.0 Å². The first-order valence-corrected chi connectivity index (χ1v) is 14.0. The standard InChI is InChI=1S/C28H33F3N6O3/c29-18-14-21(32-16-18)23(38)13-17-5-7-19(8-6-17)40-25-15-24(34-28(35-25)36-9-11-39-12-10-36)37-22-4-2-1-3-20(22)33-27(37)26(30)31/h1-4,15,17-19,21,26,32H,5-14,16H2/t17?,18-,19?,21-/m0/s1. The van der Waals surface area contributed by atoms with Gasteiger partial charge in [-0.2, -0.15) is 9.97 Å². The van der Waals surface area contributed by atoms with Crippen molar-refractivity contribution in [3.8, 4) is 11.7 Å². The van der Waals surface area contributed by atoms with E-state index in [9.17, 15) is 18.0 Å². The maximum absolute atomic E-state index is 14.1.